The van der Waals surface area contributed by atoms with E-state index in [4.69, 9.17) is 27.9 Å². The lowest BCUT2D eigenvalue weighted by Gasteiger charge is -2.31. The molecule has 0 bridgehead atoms. The van der Waals surface area contributed by atoms with Crippen molar-refractivity contribution in [3.63, 3.8) is 0 Å². The van der Waals surface area contributed by atoms with Crippen molar-refractivity contribution >= 4 is 34.5 Å². The van der Waals surface area contributed by atoms with Crippen molar-refractivity contribution in [1.82, 2.24) is 0 Å². The molecule has 5 heteroatoms. The molecule has 126 valence electrons. The molecule has 2 aromatic carbocycles. The van der Waals surface area contributed by atoms with Gasteiger partial charge in [0.05, 0.1) is 10.8 Å². The number of alkyl halides is 2. The van der Waals surface area contributed by atoms with Gasteiger partial charge in [-0.3, -0.25) is 0 Å². The number of ether oxygens (including phenoxy) is 1. The lowest BCUT2D eigenvalue weighted by molar-refractivity contribution is 0.141. The molecule has 0 saturated heterocycles. The van der Waals surface area contributed by atoms with E-state index in [0.717, 1.165) is 21.8 Å². The lowest BCUT2D eigenvalue weighted by atomic mass is 9.83. The van der Waals surface area contributed by atoms with Crippen LogP contribution in [-0.2, 0) is 5.60 Å². The second kappa shape index (κ2) is 5.23. The van der Waals surface area contributed by atoms with E-state index in [1.54, 1.807) is 11.3 Å². The van der Waals surface area contributed by atoms with Crippen molar-refractivity contribution in [3.05, 3.63) is 87.9 Å². The minimum Gasteiger partial charge on any atom is -0.478 e. The monoisotopic (exact) mass is 390 g/mol. The number of thiophene rings is 1. The summed E-state index contributed by atoms with van der Waals surface area (Å²) in [6.07, 6.45) is 0. The summed E-state index contributed by atoms with van der Waals surface area (Å²) >= 11 is 15.2. The van der Waals surface area contributed by atoms with Crippen molar-refractivity contribution in [3.8, 4) is 5.75 Å². The predicted octanol–water partition coefficient (Wildman–Crippen LogP) is 6.11. The van der Waals surface area contributed by atoms with Gasteiger partial charge in [0.25, 0.3) is 0 Å². The molecular weight excluding hydrogens is 378 g/mol. The molecule has 1 aliphatic heterocycles. The Balaban J connectivity index is 1.73. The third-order valence-electron chi connectivity index (χ3n) is 5.22. The van der Waals surface area contributed by atoms with Gasteiger partial charge in [-0.05, 0) is 35.2 Å². The van der Waals surface area contributed by atoms with E-state index in [1.807, 2.05) is 53.9 Å². The highest BCUT2D eigenvalue weighted by molar-refractivity contribution is 7.10. The first-order valence-electron chi connectivity index (χ1n) is 8.01. The average molecular weight is 391 g/mol. The Labute approximate surface area is 159 Å². The van der Waals surface area contributed by atoms with Crippen molar-refractivity contribution in [2.75, 3.05) is 0 Å². The van der Waals surface area contributed by atoms with Gasteiger partial charge in [0, 0.05) is 11.5 Å². The van der Waals surface area contributed by atoms with Gasteiger partial charge in [0.15, 0.2) is 9.93 Å². The van der Waals surface area contributed by atoms with Crippen molar-refractivity contribution in [2.24, 2.45) is 5.92 Å². The summed E-state index contributed by atoms with van der Waals surface area (Å²) in [5.41, 5.74) is 1.26. The van der Waals surface area contributed by atoms with Gasteiger partial charge in [-0.25, -0.2) is 4.39 Å². The Hall–Kier alpha value is -1.55. The maximum Gasteiger partial charge on any atom is 0.183 e. The molecule has 3 aromatic rings. The second-order valence-electron chi connectivity index (χ2n) is 6.48. The van der Waals surface area contributed by atoms with Crippen LogP contribution in [0, 0.1) is 11.7 Å². The second-order valence-corrected chi connectivity index (χ2v) is 8.82. The van der Waals surface area contributed by atoms with Crippen LogP contribution in [0.5, 0.6) is 5.75 Å². The highest BCUT2D eigenvalue weighted by Crippen LogP contribution is 2.77. The normalized spacial score (nSPS) is 28.6. The summed E-state index contributed by atoms with van der Waals surface area (Å²) in [4.78, 5) is 1.02. The van der Waals surface area contributed by atoms with Crippen molar-refractivity contribution in [2.45, 2.75) is 15.9 Å². The van der Waals surface area contributed by atoms with Crippen LogP contribution in [0.1, 0.15) is 21.9 Å². The molecule has 1 aromatic heterocycles. The highest BCUT2D eigenvalue weighted by Gasteiger charge is 2.84. The van der Waals surface area contributed by atoms with Crippen LogP contribution in [0.3, 0.4) is 0 Å². The molecule has 5 rings (SSSR count). The summed E-state index contributed by atoms with van der Waals surface area (Å²) < 4.78 is 18.8. The fourth-order valence-electron chi connectivity index (χ4n) is 4.06. The molecule has 1 fully saturated rings. The molecule has 0 N–H and O–H groups in total. The van der Waals surface area contributed by atoms with Gasteiger partial charge in [-0.15, -0.1) is 11.3 Å². The van der Waals surface area contributed by atoms with Crippen LogP contribution in [0.4, 0.5) is 4.39 Å². The minimum absolute atomic E-state index is 0.0531. The zero-order valence-electron chi connectivity index (χ0n) is 13.0. The summed E-state index contributed by atoms with van der Waals surface area (Å²) in [5, 5.41) is 2.00. The fraction of sp³-hybridized carbons (Fsp3) is 0.200. The van der Waals surface area contributed by atoms with E-state index in [2.05, 4.69) is 0 Å². The number of benzene rings is 2. The molecule has 2 aliphatic rings. The number of fused-ring (bicyclic) bond motifs is 2. The number of halogens is 3. The zero-order chi connectivity index (χ0) is 17.2. The molecule has 2 heterocycles. The molecule has 0 radical (unpaired) electrons. The van der Waals surface area contributed by atoms with Crippen LogP contribution >= 0.6 is 34.5 Å². The Kier molecular flexibility index (Phi) is 3.28. The van der Waals surface area contributed by atoms with Gasteiger partial charge in [-0.1, -0.05) is 59.6 Å². The Bertz CT molecular complexity index is 939. The topological polar surface area (TPSA) is 9.23 Å². The van der Waals surface area contributed by atoms with Gasteiger partial charge in [-0.2, -0.15) is 0 Å². The molecular formula is C20H13Cl2FOS. The number of rotatable bonds is 2. The first kappa shape index (κ1) is 15.7. The third-order valence-corrected chi connectivity index (χ3v) is 7.23. The number of hydrogen-bond acceptors (Lipinski definition) is 2. The van der Waals surface area contributed by atoms with Gasteiger partial charge >= 0.3 is 0 Å². The SMILES string of the molecule is Fc1ccc([C@H]2c3ccccc3O[C@@]3(c4cccs4)[C@@H]2C3(Cl)Cl)cc1. The molecule has 1 aliphatic carbocycles. The minimum atomic E-state index is -1.05. The summed E-state index contributed by atoms with van der Waals surface area (Å²) in [6.45, 7) is 0. The molecule has 1 nitrogen and oxygen atoms in total. The van der Waals surface area contributed by atoms with Crippen LogP contribution in [0.2, 0.25) is 0 Å². The molecule has 0 amide bonds. The fourth-order valence-corrected chi connectivity index (χ4v) is 6.11. The Morgan fingerprint density at radius 1 is 0.960 bits per heavy atom. The molecule has 0 spiro atoms. The van der Waals surface area contributed by atoms with Crippen molar-refractivity contribution in [1.29, 1.82) is 0 Å². The van der Waals surface area contributed by atoms with Crippen LogP contribution < -0.4 is 4.74 Å². The van der Waals surface area contributed by atoms with Gasteiger partial charge < -0.3 is 4.74 Å². The highest BCUT2D eigenvalue weighted by atomic mass is 35.5. The van der Waals surface area contributed by atoms with E-state index < -0.39 is 9.93 Å². The smallest absolute Gasteiger partial charge is 0.183 e. The zero-order valence-corrected chi connectivity index (χ0v) is 15.3. The van der Waals surface area contributed by atoms with Crippen LogP contribution in [0.25, 0.3) is 0 Å². The molecule has 3 atom stereocenters. The van der Waals surface area contributed by atoms with E-state index in [-0.39, 0.29) is 17.7 Å². The van der Waals surface area contributed by atoms with Crippen LogP contribution in [-0.4, -0.2) is 4.33 Å². The summed E-state index contributed by atoms with van der Waals surface area (Å²) in [7, 11) is 0. The van der Waals surface area contributed by atoms with Gasteiger partial charge in [0.1, 0.15) is 11.6 Å². The maximum absolute atomic E-state index is 13.4. The van der Waals surface area contributed by atoms with E-state index in [9.17, 15) is 4.39 Å². The van der Waals surface area contributed by atoms with Gasteiger partial charge in [0.2, 0.25) is 0 Å². The number of para-hydroxylation sites is 1. The van der Waals surface area contributed by atoms with E-state index in [1.165, 1.54) is 12.1 Å². The van der Waals surface area contributed by atoms with E-state index in [0.29, 0.717) is 0 Å². The number of hydrogen-bond donors (Lipinski definition) is 0. The Morgan fingerprint density at radius 2 is 1.72 bits per heavy atom. The molecule has 1 saturated carbocycles. The van der Waals surface area contributed by atoms with Crippen molar-refractivity contribution < 1.29 is 9.13 Å². The largest absolute Gasteiger partial charge is 0.478 e. The maximum atomic E-state index is 13.4. The first-order valence-corrected chi connectivity index (χ1v) is 9.64. The predicted molar refractivity (Wildman–Crippen MR) is 99.2 cm³/mol. The standard InChI is InChI=1S/C20H13Cl2FOS/c21-20(22)18-17(12-7-9-13(23)10-8-12)14-4-1-2-5-15(14)24-19(18,20)16-6-3-11-25-16/h1-11,17-18H/t17-,18+,19-/m0/s1. The Morgan fingerprint density at radius 3 is 2.44 bits per heavy atom. The van der Waals surface area contributed by atoms with Crippen LogP contribution in [0.15, 0.2) is 66.0 Å². The molecule has 25 heavy (non-hydrogen) atoms. The lowest BCUT2D eigenvalue weighted by Crippen LogP contribution is -2.27. The first-order chi connectivity index (χ1) is 12.1. The summed E-state index contributed by atoms with van der Waals surface area (Å²) in [6, 6.07) is 18.5. The summed E-state index contributed by atoms with van der Waals surface area (Å²) in [5.74, 6) is 0.335. The molecule has 0 unspecified atom stereocenters. The van der Waals surface area contributed by atoms with E-state index >= 15 is 0 Å². The third kappa shape index (κ3) is 2.00. The quantitative estimate of drug-likeness (QED) is 0.479. The average Bonchev–Trinajstić information content (AvgIpc) is 2.99.